The molecule has 2 aromatic carbocycles. The van der Waals surface area contributed by atoms with Crippen molar-refractivity contribution in [2.24, 2.45) is 0 Å². The molecular weight excluding hydrogens is 316 g/mol. The van der Waals surface area contributed by atoms with E-state index in [-0.39, 0.29) is 6.10 Å². The molecule has 0 saturated heterocycles. The maximum atomic E-state index is 10.5. The predicted molar refractivity (Wildman–Crippen MR) is 85.0 cm³/mol. The van der Waals surface area contributed by atoms with Gasteiger partial charge in [0.25, 0.3) is 0 Å². The summed E-state index contributed by atoms with van der Waals surface area (Å²) in [5.41, 5.74) is 1.92. The van der Waals surface area contributed by atoms with Crippen LogP contribution in [0.4, 0.5) is 0 Å². The molecule has 106 valence electrons. The van der Waals surface area contributed by atoms with Gasteiger partial charge in [-0.1, -0.05) is 46.3 Å². The number of para-hydroxylation sites is 1. The number of aliphatic hydroxyl groups excluding tert-OH is 1. The molecule has 1 N–H and O–H groups in total. The van der Waals surface area contributed by atoms with Gasteiger partial charge in [0.1, 0.15) is 5.75 Å². The minimum absolute atomic E-state index is 0.0919. The Morgan fingerprint density at radius 2 is 1.85 bits per heavy atom. The molecule has 1 unspecified atom stereocenters. The first-order valence-electron chi connectivity index (χ1n) is 6.74. The minimum Gasteiger partial charge on any atom is -0.491 e. The standard InChI is InChI=1S/C17H19BrO2/c1-12(2)20-17-9-4-3-8-15(17)16(19)11-13-6-5-7-14(18)10-13/h3-10,12,16,19H,11H2,1-2H3. The van der Waals surface area contributed by atoms with Crippen LogP contribution in [-0.2, 0) is 6.42 Å². The molecule has 0 aliphatic carbocycles. The van der Waals surface area contributed by atoms with E-state index in [1.54, 1.807) is 0 Å². The van der Waals surface area contributed by atoms with Crippen molar-refractivity contribution in [3.05, 3.63) is 64.1 Å². The summed E-state index contributed by atoms with van der Waals surface area (Å²) in [6.45, 7) is 3.97. The van der Waals surface area contributed by atoms with Gasteiger partial charge in [0.2, 0.25) is 0 Å². The minimum atomic E-state index is -0.570. The van der Waals surface area contributed by atoms with Crippen LogP contribution in [0.25, 0.3) is 0 Å². The van der Waals surface area contributed by atoms with Crippen molar-refractivity contribution in [3.8, 4) is 5.75 Å². The summed E-state index contributed by atoms with van der Waals surface area (Å²) in [7, 11) is 0. The van der Waals surface area contributed by atoms with E-state index < -0.39 is 6.10 Å². The number of hydrogen-bond donors (Lipinski definition) is 1. The second kappa shape index (κ2) is 6.91. The summed E-state index contributed by atoms with van der Waals surface area (Å²) >= 11 is 3.45. The van der Waals surface area contributed by atoms with E-state index in [2.05, 4.69) is 15.9 Å². The fourth-order valence-corrected chi connectivity index (χ4v) is 2.56. The average molecular weight is 335 g/mol. The average Bonchev–Trinajstić information content (AvgIpc) is 2.38. The van der Waals surface area contributed by atoms with Gasteiger partial charge in [-0.2, -0.15) is 0 Å². The zero-order valence-corrected chi connectivity index (χ0v) is 13.3. The largest absolute Gasteiger partial charge is 0.491 e. The Kier molecular flexibility index (Phi) is 5.21. The quantitative estimate of drug-likeness (QED) is 0.871. The molecule has 0 aliphatic rings. The van der Waals surface area contributed by atoms with Gasteiger partial charge in [-0.15, -0.1) is 0 Å². The Labute approximate surface area is 128 Å². The lowest BCUT2D eigenvalue weighted by molar-refractivity contribution is 0.166. The van der Waals surface area contributed by atoms with E-state index in [1.165, 1.54) is 0 Å². The van der Waals surface area contributed by atoms with Gasteiger partial charge in [-0.25, -0.2) is 0 Å². The van der Waals surface area contributed by atoms with Gasteiger partial charge in [-0.05, 0) is 37.6 Å². The van der Waals surface area contributed by atoms with Crippen molar-refractivity contribution >= 4 is 15.9 Å². The number of rotatable bonds is 5. The van der Waals surface area contributed by atoms with Gasteiger partial charge in [0.15, 0.2) is 0 Å². The lowest BCUT2D eigenvalue weighted by Gasteiger charge is -2.18. The Morgan fingerprint density at radius 1 is 1.10 bits per heavy atom. The van der Waals surface area contributed by atoms with E-state index in [0.29, 0.717) is 6.42 Å². The Balaban J connectivity index is 2.18. The predicted octanol–water partition coefficient (Wildman–Crippen LogP) is 4.51. The molecule has 3 heteroatoms. The molecule has 2 nitrogen and oxygen atoms in total. The van der Waals surface area contributed by atoms with Crippen LogP contribution in [-0.4, -0.2) is 11.2 Å². The molecule has 2 aromatic rings. The number of hydrogen-bond acceptors (Lipinski definition) is 2. The molecule has 2 rings (SSSR count). The fraction of sp³-hybridized carbons (Fsp3) is 0.294. The number of halogens is 1. The van der Waals surface area contributed by atoms with Gasteiger partial charge < -0.3 is 9.84 Å². The zero-order valence-electron chi connectivity index (χ0n) is 11.7. The third-order valence-electron chi connectivity index (χ3n) is 2.96. The van der Waals surface area contributed by atoms with Gasteiger partial charge in [-0.3, -0.25) is 0 Å². The molecular formula is C17H19BrO2. The molecule has 0 heterocycles. The first-order valence-corrected chi connectivity index (χ1v) is 7.53. The molecule has 0 saturated carbocycles. The van der Waals surface area contributed by atoms with Crippen LogP contribution in [0.3, 0.4) is 0 Å². The summed E-state index contributed by atoms with van der Waals surface area (Å²) in [6, 6.07) is 15.7. The molecule has 0 spiro atoms. The fourth-order valence-electron chi connectivity index (χ4n) is 2.11. The molecule has 0 aromatic heterocycles. The summed E-state index contributed by atoms with van der Waals surface area (Å²) in [6.07, 6.45) is 0.0891. The van der Waals surface area contributed by atoms with Crippen molar-refractivity contribution in [2.75, 3.05) is 0 Å². The maximum absolute atomic E-state index is 10.5. The van der Waals surface area contributed by atoms with Crippen molar-refractivity contribution in [2.45, 2.75) is 32.5 Å². The van der Waals surface area contributed by atoms with Crippen LogP contribution in [0.5, 0.6) is 5.75 Å². The third-order valence-corrected chi connectivity index (χ3v) is 3.45. The highest BCUT2D eigenvalue weighted by Crippen LogP contribution is 2.28. The molecule has 1 atom stereocenters. The normalized spacial score (nSPS) is 12.4. The Hall–Kier alpha value is -1.32. The van der Waals surface area contributed by atoms with Gasteiger partial charge >= 0.3 is 0 Å². The monoisotopic (exact) mass is 334 g/mol. The van der Waals surface area contributed by atoms with Crippen molar-refractivity contribution < 1.29 is 9.84 Å². The van der Waals surface area contributed by atoms with E-state index in [1.807, 2.05) is 62.4 Å². The van der Waals surface area contributed by atoms with Crippen LogP contribution in [0.2, 0.25) is 0 Å². The van der Waals surface area contributed by atoms with Crippen LogP contribution >= 0.6 is 15.9 Å². The highest BCUT2D eigenvalue weighted by atomic mass is 79.9. The summed E-state index contributed by atoms with van der Waals surface area (Å²) in [5, 5.41) is 10.5. The zero-order chi connectivity index (χ0) is 14.5. The molecule has 0 bridgehead atoms. The Morgan fingerprint density at radius 3 is 2.55 bits per heavy atom. The lowest BCUT2D eigenvalue weighted by Crippen LogP contribution is -2.10. The first kappa shape index (κ1) is 15.1. The highest BCUT2D eigenvalue weighted by Gasteiger charge is 2.14. The van der Waals surface area contributed by atoms with Crippen LogP contribution in [0.15, 0.2) is 53.0 Å². The summed E-state index contributed by atoms with van der Waals surface area (Å²) in [4.78, 5) is 0. The number of aliphatic hydroxyl groups is 1. The molecule has 0 aliphatic heterocycles. The summed E-state index contributed by atoms with van der Waals surface area (Å²) in [5.74, 6) is 0.755. The second-order valence-corrected chi connectivity index (χ2v) is 5.97. The van der Waals surface area contributed by atoms with Crippen molar-refractivity contribution in [1.82, 2.24) is 0 Å². The molecule has 20 heavy (non-hydrogen) atoms. The van der Waals surface area contributed by atoms with E-state index >= 15 is 0 Å². The highest BCUT2D eigenvalue weighted by molar-refractivity contribution is 9.10. The maximum Gasteiger partial charge on any atom is 0.125 e. The first-order chi connectivity index (χ1) is 9.56. The molecule has 0 fully saturated rings. The van der Waals surface area contributed by atoms with Gasteiger partial charge in [0.05, 0.1) is 12.2 Å². The van der Waals surface area contributed by atoms with E-state index in [4.69, 9.17) is 4.74 Å². The number of benzene rings is 2. The Bertz CT molecular complexity index is 566. The van der Waals surface area contributed by atoms with Crippen molar-refractivity contribution in [3.63, 3.8) is 0 Å². The van der Waals surface area contributed by atoms with E-state index in [0.717, 1.165) is 21.3 Å². The van der Waals surface area contributed by atoms with Gasteiger partial charge in [0, 0.05) is 16.5 Å². The SMILES string of the molecule is CC(C)Oc1ccccc1C(O)Cc1cccc(Br)c1. The topological polar surface area (TPSA) is 29.5 Å². The van der Waals surface area contributed by atoms with Crippen LogP contribution in [0.1, 0.15) is 31.1 Å². The smallest absolute Gasteiger partial charge is 0.125 e. The molecule has 0 radical (unpaired) electrons. The molecule has 0 amide bonds. The lowest BCUT2D eigenvalue weighted by atomic mass is 10.0. The van der Waals surface area contributed by atoms with Crippen LogP contribution < -0.4 is 4.74 Å². The van der Waals surface area contributed by atoms with Crippen molar-refractivity contribution in [1.29, 1.82) is 0 Å². The van der Waals surface area contributed by atoms with Crippen LogP contribution in [0, 0.1) is 0 Å². The summed E-state index contributed by atoms with van der Waals surface area (Å²) < 4.78 is 6.78. The van der Waals surface area contributed by atoms with E-state index in [9.17, 15) is 5.11 Å². The third kappa shape index (κ3) is 4.09. The number of ether oxygens (including phenoxy) is 1. The second-order valence-electron chi connectivity index (χ2n) is 5.05.